The number of piperidine rings is 1. The van der Waals surface area contributed by atoms with Crippen LogP contribution in [0.4, 0.5) is 13.2 Å². The zero-order valence-corrected chi connectivity index (χ0v) is 61.3. The molecular weight excluding hydrogens is 1290 g/mol. The van der Waals surface area contributed by atoms with Crippen molar-refractivity contribution in [2.75, 3.05) is 88.6 Å². The topological polar surface area (TPSA) is 270 Å². The first-order chi connectivity index (χ1) is 46.0. The molecule has 3 aliphatic carbocycles. The van der Waals surface area contributed by atoms with Crippen molar-refractivity contribution in [2.45, 2.75) is 249 Å². The molecule has 28 heteroatoms. The van der Waals surface area contributed by atoms with E-state index >= 15 is 19.2 Å². The van der Waals surface area contributed by atoms with Crippen molar-refractivity contribution < 1.29 is 70.7 Å². The summed E-state index contributed by atoms with van der Waals surface area (Å²) in [5.41, 5.74) is -1.56. The Labute approximate surface area is 583 Å². The number of nitrogens with one attached hydrogen (secondary N) is 3. The molecule has 3 aliphatic heterocycles. The van der Waals surface area contributed by atoms with Gasteiger partial charge in [0.2, 0.25) is 70.9 Å². The van der Waals surface area contributed by atoms with Crippen molar-refractivity contribution >= 4 is 82.5 Å². The summed E-state index contributed by atoms with van der Waals surface area (Å²) < 4.78 is 41.9. The minimum absolute atomic E-state index is 0.000793. The zero-order chi connectivity index (χ0) is 72.8. The van der Waals surface area contributed by atoms with E-state index < -0.39 is 174 Å². The molecule has 6 aliphatic rings. The van der Waals surface area contributed by atoms with Crippen LogP contribution in [0.25, 0.3) is 0 Å². The van der Waals surface area contributed by atoms with Crippen molar-refractivity contribution in [1.29, 1.82) is 0 Å². The predicted molar refractivity (Wildman–Crippen MR) is 363 cm³/mol. The average Bonchev–Trinajstić information content (AvgIpc) is 1.30. The predicted octanol–water partition coefficient (Wildman–Crippen LogP) is 5.56. The van der Waals surface area contributed by atoms with E-state index in [9.17, 15) is 51.5 Å². The molecule has 6 rings (SSSR count). The van der Waals surface area contributed by atoms with Crippen LogP contribution in [-0.4, -0.2) is 263 Å². The highest BCUT2D eigenvalue weighted by Crippen LogP contribution is 2.44. The molecule has 12 amide bonds. The number of nitrogens with zero attached hydrogens (tertiary/aromatic N) is 9. The maximum atomic E-state index is 15.4. The summed E-state index contributed by atoms with van der Waals surface area (Å²) in [4.78, 5) is 189. The number of hydrogen-bond acceptors (Lipinski definition) is 12. The molecule has 0 bridgehead atoms. The van der Waals surface area contributed by atoms with Crippen LogP contribution in [0.3, 0.4) is 0 Å². The first-order valence-electron chi connectivity index (χ1n) is 36.0. The molecule has 3 saturated carbocycles. The lowest BCUT2D eigenvalue weighted by Crippen LogP contribution is -2.65. The highest BCUT2D eigenvalue weighted by atomic mass is 35.5. The number of likely N-dealkylation sites (tertiary alicyclic amines) is 1. The summed E-state index contributed by atoms with van der Waals surface area (Å²) in [6.45, 7) is 9.98. The third-order valence-corrected chi connectivity index (χ3v) is 22.5. The summed E-state index contributed by atoms with van der Waals surface area (Å²) in [5, 5.41) is 7.54. The van der Waals surface area contributed by atoms with E-state index in [4.69, 9.17) is 11.6 Å². The summed E-state index contributed by atoms with van der Waals surface area (Å²) >= 11 is 6.39. The summed E-state index contributed by atoms with van der Waals surface area (Å²) in [7, 11) is 9.93. The van der Waals surface area contributed by atoms with Crippen LogP contribution in [0.1, 0.15) is 189 Å². The molecule has 554 valence electrons. The van der Waals surface area contributed by atoms with Crippen molar-refractivity contribution in [3.8, 4) is 0 Å². The second-order valence-corrected chi connectivity index (χ2v) is 30.6. The van der Waals surface area contributed by atoms with Gasteiger partial charge < -0.3 is 60.0 Å². The van der Waals surface area contributed by atoms with Gasteiger partial charge in [-0.2, -0.15) is 13.2 Å². The quantitative estimate of drug-likeness (QED) is 0.215. The fourth-order valence-electron chi connectivity index (χ4n) is 15.6. The lowest BCUT2D eigenvalue weighted by molar-refractivity contribution is -0.182. The molecule has 3 saturated heterocycles. The van der Waals surface area contributed by atoms with Crippen molar-refractivity contribution in [2.24, 2.45) is 35.5 Å². The van der Waals surface area contributed by atoms with Crippen molar-refractivity contribution in [1.82, 2.24) is 60.0 Å². The SMILES string of the molecule is CC[C@H](C)[C@@H]1NC(=O)[C@H](CC(C)C)N(C)C(=O)C[C@@H](C(=O)N2CCCCC2)N(C)C(=O)[C@H](C(C)C)N(C)C(=O)C2(CCCC2)NC(=O)[C@@H]2CCCN2C(=O)[C@H](CCC2CCC(C(F)(F)F)C(Cl)C2)NC(=O)CN(C)C(=O)[C@H](CC2CCCCC2)N(C)C(=O)CN(C)C(=O)CN(C)C1=O. The van der Waals surface area contributed by atoms with Gasteiger partial charge in [0.05, 0.1) is 32.0 Å². The van der Waals surface area contributed by atoms with E-state index in [0.29, 0.717) is 51.6 Å². The van der Waals surface area contributed by atoms with E-state index in [-0.39, 0.29) is 88.5 Å². The third kappa shape index (κ3) is 20.5. The third-order valence-electron chi connectivity index (χ3n) is 22.0. The minimum Gasteiger partial charge on any atom is -0.343 e. The van der Waals surface area contributed by atoms with Gasteiger partial charge in [-0.25, -0.2) is 0 Å². The highest BCUT2D eigenvalue weighted by molar-refractivity contribution is 6.21. The first kappa shape index (κ1) is 80.7. The van der Waals surface area contributed by atoms with Crippen molar-refractivity contribution in [3.05, 3.63) is 0 Å². The lowest BCUT2D eigenvalue weighted by atomic mass is 9.78. The molecule has 6 fully saturated rings. The van der Waals surface area contributed by atoms with Gasteiger partial charge >= 0.3 is 6.18 Å². The molecule has 0 aromatic carbocycles. The van der Waals surface area contributed by atoms with Crippen molar-refractivity contribution in [3.63, 3.8) is 0 Å². The molecule has 0 aromatic rings. The Balaban J connectivity index is 1.40. The zero-order valence-electron chi connectivity index (χ0n) is 60.5. The molecule has 11 atom stereocenters. The Hall–Kier alpha value is -6.28. The summed E-state index contributed by atoms with van der Waals surface area (Å²) in [6.07, 6.45) is 4.27. The van der Waals surface area contributed by atoms with Gasteiger partial charge in [0, 0.05) is 74.3 Å². The molecule has 24 nitrogen and oxygen atoms in total. The van der Waals surface area contributed by atoms with E-state index in [1.54, 1.807) is 25.7 Å². The van der Waals surface area contributed by atoms with Gasteiger partial charge in [-0.1, -0.05) is 92.9 Å². The molecule has 0 aromatic heterocycles. The molecule has 3 N–H and O–H groups in total. The van der Waals surface area contributed by atoms with Crippen LogP contribution in [0.2, 0.25) is 0 Å². The smallest absolute Gasteiger partial charge is 0.343 e. The second-order valence-electron chi connectivity index (χ2n) is 30.1. The molecule has 98 heavy (non-hydrogen) atoms. The van der Waals surface area contributed by atoms with Crippen LogP contribution < -0.4 is 16.0 Å². The van der Waals surface area contributed by atoms with Gasteiger partial charge in [0.25, 0.3) is 0 Å². The molecule has 0 radical (unpaired) electrons. The maximum Gasteiger partial charge on any atom is 0.393 e. The lowest BCUT2D eigenvalue weighted by Gasteiger charge is -2.42. The Morgan fingerprint density at radius 1 is 0.592 bits per heavy atom. The van der Waals surface area contributed by atoms with Gasteiger partial charge in [-0.05, 0) is 119 Å². The number of halogens is 4. The summed E-state index contributed by atoms with van der Waals surface area (Å²) in [6, 6.07) is -8.64. The Bertz CT molecular complexity index is 2830. The molecule has 1 spiro atoms. The van der Waals surface area contributed by atoms with Gasteiger partial charge in [-0.15, -0.1) is 11.6 Å². The Kier molecular flexibility index (Phi) is 29.5. The fraction of sp³-hybridized carbons (Fsp3) is 0.829. The van der Waals surface area contributed by atoms with Crippen LogP contribution in [0, 0.1) is 35.5 Å². The van der Waals surface area contributed by atoms with Crippen LogP contribution in [0.15, 0.2) is 0 Å². The van der Waals surface area contributed by atoms with Crippen LogP contribution in [0.5, 0.6) is 0 Å². The van der Waals surface area contributed by atoms with E-state index in [2.05, 4.69) is 16.0 Å². The average molecular weight is 1410 g/mol. The number of carbonyl (C=O) groups is 12. The highest BCUT2D eigenvalue weighted by Gasteiger charge is 2.52. The fourth-order valence-corrected chi connectivity index (χ4v) is 16.1. The number of amides is 12. The monoisotopic (exact) mass is 1410 g/mol. The minimum atomic E-state index is -4.51. The molecular formula is C70H114ClF3N12O12. The van der Waals surface area contributed by atoms with Crippen LogP contribution >= 0.6 is 11.6 Å². The Morgan fingerprint density at radius 2 is 1.19 bits per heavy atom. The molecule has 3 heterocycles. The number of likely N-dealkylation sites (N-methyl/N-ethyl adjacent to an activating group) is 7. The second kappa shape index (κ2) is 35.9. The largest absolute Gasteiger partial charge is 0.393 e. The standard InChI is InChI=1S/C70H114ClF3N12O12/c1-14-45(6)59-66(96)80(9)41-57(89)78(7)42-58(90)82(11)53(38-46-24-17-15-18-25-46)64(94)79(8)40-55(87)75-50(30-28-47-27-29-48(49(71)37-47)70(72,73)74)63(93)86-35-23-26-51(86)62(92)77-69(31-19-20-32-69)68(98)84(13)60(44(4)5)67(97)83(12)54(65(95)85-33-21-16-22-34-85)39-56(88)81(10)52(36-43(2)3)61(91)76-59/h43-54,59-60H,14-42H2,1-13H3,(H,75,87)(H,76,91)(H,77,92)/t45-,47?,48?,49?,50-,51-,52-,53-,54-,59-,60-/m0/s1. The number of alkyl halides is 4. The number of carbonyl (C=O) groups excluding carboxylic acids is 12. The Morgan fingerprint density at radius 3 is 1.79 bits per heavy atom. The summed E-state index contributed by atoms with van der Waals surface area (Å²) in [5.74, 6) is -10.9. The molecule has 3 unspecified atom stereocenters. The maximum absolute atomic E-state index is 15.4. The van der Waals surface area contributed by atoms with Crippen LogP contribution in [-0.2, 0) is 57.5 Å². The van der Waals surface area contributed by atoms with E-state index in [0.717, 1.165) is 53.2 Å². The normalized spacial score (nSPS) is 29.4. The number of hydrogen-bond donors (Lipinski definition) is 3. The van der Waals surface area contributed by atoms with Gasteiger partial charge in [0.1, 0.15) is 47.8 Å². The number of rotatable bonds is 11. The van der Waals surface area contributed by atoms with Gasteiger partial charge in [0.15, 0.2) is 0 Å². The first-order valence-corrected chi connectivity index (χ1v) is 36.5. The van der Waals surface area contributed by atoms with E-state index in [1.165, 1.54) is 73.8 Å². The number of fused-ring (bicyclic) bond motifs is 1. The van der Waals surface area contributed by atoms with Gasteiger partial charge in [-0.3, -0.25) is 57.5 Å². The van der Waals surface area contributed by atoms with E-state index in [1.807, 2.05) is 20.8 Å².